The maximum atomic E-state index is 5.32. The number of rotatable bonds is 10. The SMILES string of the molecule is CCNC(=NCC(CC(C)C)N(CC)CC)N1CCC(COC)C1.I. The van der Waals surface area contributed by atoms with Gasteiger partial charge in [0.25, 0.3) is 0 Å². The molecule has 5 nitrogen and oxygen atoms in total. The molecule has 1 aliphatic heterocycles. The second-order valence-electron chi connectivity index (χ2n) is 7.26. The number of hydrogen-bond donors (Lipinski definition) is 1. The van der Waals surface area contributed by atoms with Gasteiger partial charge in [0.1, 0.15) is 0 Å². The highest BCUT2D eigenvalue weighted by molar-refractivity contribution is 14.0. The van der Waals surface area contributed by atoms with E-state index in [9.17, 15) is 0 Å². The third-order valence-electron chi connectivity index (χ3n) is 4.85. The van der Waals surface area contributed by atoms with Crippen molar-refractivity contribution in [3.63, 3.8) is 0 Å². The predicted molar refractivity (Wildman–Crippen MR) is 119 cm³/mol. The minimum atomic E-state index is 0. The number of methoxy groups -OCH3 is 1. The van der Waals surface area contributed by atoms with Gasteiger partial charge in [-0.1, -0.05) is 27.7 Å². The summed E-state index contributed by atoms with van der Waals surface area (Å²) in [4.78, 5) is 9.96. The largest absolute Gasteiger partial charge is 0.384 e. The van der Waals surface area contributed by atoms with Crippen LogP contribution in [0.3, 0.4) is 0 Å². The van der Waals surface area contributed by atoms with E-state index >= 15 is 0 Å². The fraction of sp³-hybridized carbons (Fsp3) is 0.947. The molecule has 0 aliphatic carbocycles. The molecule has 0 amide bonds. The van der Waals surface area contributed by atoms with Gasteiger partial charge in [0.2, 0.25) is 0 Å². The van der Waals surface area contributed by atoms with E-state index in [2.05, 4.69) is 49.7 Å². The van der Waals surface area contributed by atoms with Crippen molar-refractivity contribution in [1.29, 1.82) is 0 Å². The van der Waals surface area contributed by atoms with Crippen molar-refractivity contribution in [3.8, 4) is 0 Å². The van der Waals surface area contributed by atoms with Crippen LogP contribution in [0.5, 0.6) is 0 Å². The van der Waals surface area contributed by atoms with E-state index < -0.39 is 0 Å². The van der Waals surface area contributed by atoms with Crippen LogP contribution in [0.4, 0.5) is 0 Å². The normalized spacial score (nSPS) is 19.4. The van der Waals surface area contributed by atoms with Gasteiger partial charge in [0, 0.05) is 38.7 Å². The second-order valence-corrected chi connectivity index (χ2v) is 7.26. The van der Waals surface area contributed by atoms with Gasteiger partial charge >= 0.3 is 0 Å². The van der Waals surface area contributed by atoms with E-state index in [4.69, 9.17) is 9.73 Å². The van der Waals surface area contributed by atoms with Crippen molar-refractivity contribution in [2.45, 2.75) is 53.5 Å². The predicted octanol–water partition coefficient (Wildman–Crippen LogP) is 3.29. The summed E-state index contributed by atoms with van der Waals surface area (Å²) in [5, 5.41) is 3.49. The van der Waals surface area contributed by atoms with Gasteiger partial charge in [0.15, 0.2) is 5.96 Å². The minimum Gasteiger partial charge on any atom is -0.384 e. The molecule has 150 valence electrons. The Labute approximate surface area is 173 Å². The number of halogens is 1. The maximum Gasteiger partial charge on any atom is 0.193 e. The molecule has 1 heterocycles. The van der Waals surface area contributed by atoms with E-state index in [1.807, 2.05) is 0 Å². The Kier molecular flexibility index (Phi) is 14.0. The lowest BCUT2D eigenvalue weighted by atomic mass is 10.0. The lowest BCUT2D eigenvalue weighted by Crippen LogP contribution is -2.43. The molecule has 0 bridgehead atoms. The van der Waals surface area contributed by atoms with Gasteiger partial charge in [-0.05, 0) is 38.8 Å². The Bertz CT molecular complexity index is 361. The summed E-state index contributed by atoms with van der Waals surface area (Å²) in [5.41, 5.74) is 0. The zero-order valence-electron chi connectivity index (χ0n) is 17.3. The van der Waals surface area contributed by atoms with Crippen LogP contribution in [0.15, 0.2) is 4.99 Å². The highest BCUT2D eigenvalue weighted by atomic mass is 127. The van der Waals surface area contributed by atoms with Gasteiger partial charge in [-0.25, -0.2) is 0 Å². The Balaban J connectivity index is 0.00000576. The number of likely N-dealkylation sites (tertiary alicyclic amines) is 1. The quantitative estimate of drug-likeness (QED) is 0.304. The molecule has 0 aromatic heterocycles. The van der Waals surface area contributed by atoms with E-state index in [1.165, 1.54) is 12.8 Å². The zero-order chi connectivity index (χ0) is 17.9. The average Bonchev–Trinajstić information content (AvgIpc) is 3.00. The number of nitrogens with zero attached hydrogens (tertiary/aromatic N) is 3. The highest BCUT2D eigenvalue weighted by Crippen LogP contribution is 2.17. The van der Waals surface area contributed by atoms with Crippen LogP contribution in [0, 0.1) is 11.8 Å². The topological polar surface area (TPSA) is 40.1 Å². The van der Waals surface area contributed by atoms with Crippen LogP contribution in [-0.2, 0) is 4.74 Å². The molecule has 1 saturated heterocycles. The average molecular weight is 468 g/mol. The Morgan fingerprint density at radius 2 is 1.96 bits per heavy atom. The molecule has 0 radical (unpaired) electrons. The molecule has 0 aromatic carbocycles. The third-order valence-corrected chi connectivity index (χ3v) is 4.85. The number of guanidine groups is 1. The number of aliphatic imine (C=N–C) groups is 1. The van der Waals surface area contributed by atoms with E-state index in [0.29, 0.717) is 17.9 Å². The summed E-state index contributed by atoms with van der Waals surface area (Å²) < 4.78 is 5.32. The molecule has 0 saturated carbocycles. The van der Waals surface area contributed by atoms with Gasteiger partial charge < -0.3 is 15.0 Å². The Hall–Kier alpha value is -0.0800. The fourth-order valence-corrected chi connectivity index (χ4v) is 3.64. The van der Waals surface area contributed by atoms with Crippen molar-refractivity contribution in [2.24, 2.45) is 16.8 Å². The van der Waals surface area contributed by atoms with Gasteiger partial charge in [0.05, 0.1) is 13.2 Å². The van der Waals surface area contributed by atoms with E-state index in [0.717, 1.165) is 51.8 Å². The van der Waals surface area contributed by atoms with Gasteiger partial charge in [-0.3, -0.25) is 9.89 Å². The molecular formula is C19H41IN4O. The number of likely N-dealkylation sites (N-methyl/N-ethyl adjacent to an activating group) is 1. The van der Waals surface area contributed by atoms with Crippen LogP contribution in [-0.4, -0.2) is 74.8 Å². The molecule has 1 N–H and O–H groups in total. The molecule has 1 fully saturated rings. The monoisotopic (exact) mass is 468 g/mol. The van der Waals surface area contributed by atoms with Crippen LogP contribution in [0.2, 0.25) is 0 Å². The summed E-state index contributed by atoms with van der Waals surface area (Å²) in [7, 11) is 1.79. The molecule has 0 spiro atoms. The molecule has 6 heteroatoms. The number of ether oxygens (including phenoxy) is 1. The van der Waals surface area contributed by atoms with Crippen molar-refractivity contribution in [3.05, 3.63) is 0 Å². The summed E-state index contributed by atoms with van der Waals surface area (Å²) in [6.45, 7) is 18.3. The van der Waals surface area contributed by atoms with Gasteiger partial charge in [-0.2, -0.15) is 0 Å². The first kappa shape index (κ1) is 24.9. The fourth-order valence-electron chi connectivity index (χ4n) is 3.64. The molecular weight excluding hydrogens is 427 g/mol. The van der Waals surface area contributed by atoms with Crippen LogP contribution < -0.4 is 5.32 Å². The standard InChI is InChI=1S/C19H40N4O.HI/c1-7-20-19(23-11-10-17(14-23)15-24-6)21-13-18(12-16(4)5)22(8-2)9-3;/h16-18H,7-15H2,1-6H3,(H,20,21);1H. The summed E-state index contributed by atoms with van der Waals surface area (Å²) in [6.07, 6.45) is 2.40. The van der Waals surface area contributed by atoms with Crippen molar-refractivity contribution in [1.82, 2.24) is 15.1 Å². The van der Waals surface area contributed by atoms with Crippen molar-refractivity contribution in [2.75, 3.05) is 53.0 Å². The Morgan fingerprint density at radius 3 is 2.48 bits per heavy atom. The lowest BCUT2D eigenvalue weighted by molar-refractivity contribution is 0.157. The number of nitrogens with one attached hydrogen (secondary N) is 1. The molecule has 2 unspecified atom stereocenters. The number of hydrogen-bond acceptors (Lipinski definition) is 3. The van der Waals surface area contributed by atoms with Crippen molar-refractivity contribution >= 4 is 29.9 Å². The molecule has 1 aliphatic rings. The van der Waals surface area contributed by atoms with Gasteiger partial charge in [-0.15, -0.1) is 24.0 Å². The molecule has 1 rings (SSSR count). The lowest BCUT2D eigenvalue weighted by Gasteiger charge is -2.30. The van der Waals surface area contributed by atoms with Crippen LogP contribution in [0.25, 0.3) is 0 Å². The van der Waals surface area contributed by atoms with Crippen LogP contribution in [0.1, 0.15) is 47.5 Å². The smallest absolute Gasteiger partial charge is 0.193 e. The summed E-state index contributed by atoms with van der Waals surface area (Å²) >= 11 is 0. The summed E-state index contributed by atoms with van der Waals surface area (Å²) in [6, 6.07) is 0.533. The first-order valence-corrected chi connectivity index (χ1v) is 9.81. The summed E-state index contributed by atoms with van der Waals surface area (Å²) in [5.74, 6) is 2.41. The first-order valence-electron chi connectivity index (χ1n) is 9.81. The highest BCUT2D eigenvalue weighted by Gasteiger charge is 2.25. The van der Waals surface area contributed by atoms with Crippen LogP contribution >= 0.6 is 24.0 Å². The zero-order valence-corrected chi connectivity index (χ0v) is 19.6. The van der Waals surface area contributed by atoms with E-state index in [1.54, 1.807) is 7.11 Å². The Morgan fingerprint density at radius 1 is 1.28 bits per heavy atom. The first-order chi connectivity index (χ1) is 11.5. The molecule has 25 heavy (non-hydrogen) atoms. The van der Waals surface area contributed by atoms with E-state index in [-0.39, 0.29) is 24.0 Å². The molecule has 2 atom stereocenters. The minimum absolute atomic E-state index is 0. The van der Waals surface area contributed by atoms with Crippen molar-refractivity contribution < 1.29 is 4.74 Å². The third kappa shape index (κ3) is 8.91. The molecule has 0 aromatic rings. The second kappa shape index (κ2) is 14.0. The maximum absolute atomic E-state index is 5.32.